The molecule has 1 saturated heterocycles. The Labute approximate surface area is 115 Å². The minimum atomic E-state index is -0.971. The van der Waals surface area contributed by atoms with Gasteiger partial charge >= 0.3 is 6.09 Å². The maximum absolute atomic E-state index is 13.6. The molecule has 0 radical (unpaired) electrons. The summed E-state index contributed by atoms with van der Waals surface area (Å²) < 4.78 is 13.6. The molecule has 0 aromatic heterocycles. The van der Waals surface area contributed by atoms with Crippen molar-refractivity contribution in [2.75, 3.05) is 30.8 Å². The molecule has 1 aliphatic rings. The van der Waals surface area contributed by atoms with E-state index in [0.29, 0.717) is 25.2 Å². The molecule has 104 valence electrons. The minimum absolute atomic E-state index is 0.00662. The van der Waals surface area contributed by atoms with E-state index in [2.05, 4.69) is 0 Å². The average Bonchev–Trinajstić information content (AvgIpc) is 2.84. The average molecular weight is 288 g/mol. The summed E-state index contributed by atoms with van der Waals surface area (Å²) in [5, 5.41) is 8.92. The van der Waals surface area contributed by atoms with Crippen LogP contribution in [-0.4, -0.2) is 42.3 Å². The van der Waals surface area contributed by atoms with E-state index in [4.69, 9.17) is 22.4 Å². The standard InChI is InChI=1S/C12H15ClFN3O2/c1-16(12(18)19)7-4-5-17(6-7)9-3-2-8(15)11(14)10(9)13/h2-3,7H,4-6,15H2,1H3,(H,18,19). The van der Waals surface area contributed by atoms with Gasteiger partial charge in [0.05, 0.1) is 17.4 Å². The molecule has 2 rings (SSSR count). The highest BCUT2D eigenvalue weighted by atomic mass is 35.5. The van der Waals surface area contributed by atoms with E-state index in [1.807, 2.05) is 4.90 Å². The molecular weight excluding hydrogens is 273 g/mol. The topological polar surface area (TPSA) is 69.8 Å². The van der Waals surface area contributed by atoms with Crippen molar-refractivity contribution in [3.63, 3.8) is 0 Å². The Morgan fingerprint density at radius 1 is 1.63 bits per heavy atom. The zero-order chi connectivity index (χ0) is 14.2. The van der Waals surface area contributed by atoms with Crippen LogP contribution in [0.4, 0.5) is 20.6 Å². The summed E-state index contributed by atoms with van der Waals surface area (Å²) in [6.45, 7) is 1.12. The van der Waals surface area contributed by atoms with Crippen LogP contribution in [0.25, 0.3) is 0 Å². The van der Waals surface area contributed by atoms with Gasteiger partial charge < -0.3 is 20.6 Å². The van der Waals surface area contributed by atoms with Crippen LogP contribution in [0, 0.1) is 5.82 Å². The number of likely N-dealkylation sites (N-methyl/N-ethyl adjacent to an activating group) is 1. The van der Waals surface area contributed by atoms with Crippen LogP contribution in [0.1, 0.15) is 6.42 Å². The molecule has 7 heteroatoms. The van der Waals surface area contributed by atoms with E-state index < -0.39 is 11.9 Å². The van der Waals surface area contributed by atoms with E-state index in [1.165, 1.54) is 18.0 Å². The van der Waals surface area contributed by atoms with E-state index in [-0.39, 0.29) is 16.8 Å². The van der Waals surface area contributed by atoms with Crippen LogP contribution in [0.15, 0.2) is 12.1 Å². The van der Waals surface area contributed by atoms with E-state index in [0.717, 1.165) is 0 Å². The van der Waals surface area contributed by atoms with Crippen molar-refractivity contribution in [1.29, 1.82) is 0 Å². The molecule has 0 saturated carbocycles. The number of hydrogen-bond donors (Lipinski definition) is 2. The second-order valence-corrected chi connectivity index (χ2v) is 4.96. The Hall–Kier alpha value is -1.69. The number of hydrogen-bond acceptors (Lipinski definition) is 3. The second kappa shape index (κ2) is 5.13. The number of nitrogens with two attached hydrogens (primary N) is 1. The summed E-state index contributed by atoms with van der Waals surface area (Å²) in [6, 6.07) is 3.00. The van der Waals surface area contributed by atoms with Gasteiger partial charge in [-0.05, 0) is 18.6 Å². The zero-order valence-electron chi connectivity index (χ0n) is 10.4. The number of anilines is 2. The van der Waals surface area contributed by atoms with Crippen molar-refractivity contribution in [3.8, 4) is 0 Å². The third-order valence-electron chi connectivity index (χ3n) is 3.45. The maximum Gasteiger partial charge on any atom is 0.407 e. The normalized spacial score (nSPS) is 18.7. The van der Waals surface area contributed by atoms with Crippen LogP contribution < -0.4 is 10.6 Å². The van der Waals surface area contributed by atoms with Gasteiger partial charge in [-0.2, -0.15) is 0 Å². The first-order valence-electron chi connectivity index (χ1n) is 5.86. The molecule has 1 unspecified atom stereocenters. The van der Waals surface area contributed by atoms with E-state index in [9.17, 15) is 9.18 Å². The predicted molar refractivity (Wildman–Crippen MR) is 72.2 cm³/mol. The number of rotatable bonds is 2. The molecule has 1 aromatic rings. The van der Waals surface area contributed by atoms with Gasteiger partial charge in [0.25, 0.3) is 0 Å². The number of carbonyl (C=O) groups is 1. The number of amides is 1. The fraction of sp³-hybridized carbons (Fsp3) is 0.417. The lowest BCUT2D eigenvalue weighted by Crippen LogP contribution is -2.38. The molecule has 5 nitrogen and oxygen atoms in total. The number of nitrogen functional groups attached to an aromatic ring is 1. The van der Waals surface area contributed by atoms with Crippen molar-refractivity contribution in [2.45, 2.75) is 12.5 Å². The second-order valence-electron chi connectivity index (χ2n) is 4.58. The molecule has 19 heavy (non-hydrogen) atoms. The van der Waals surface area contributed by atoms with Gasteiger partial charge in [-0.1, -0.05) is 11.6 Å². The van der Waals surface area contributed by atoms with Crippen LogP contribution >= 0.6 is 11.6 Å². The first-order valence-corrected chi connectivity index (χ1v) is 6.23. The largest absolute Gasteiger partial charge is 0.465 e. The minimum Gasteiger partial charge on any atom is -0.465 e. The summed E-state index contributed by atoms with van der Waals surface area (Å²) in [5.41, 5.74) is 6.00. The monoisotopic (exact) mass is 287 g/mol. The third kappa shape index (κ3) is 2.53. The molecule has 1 amide bonds. The van der Waals surface area contributed by atoms with Crippen molar-refractivity contribution < 1.29 is 14.3 Å². The summed E-state index contributed by atoms with van der Waals surface area (Å²) in [7, 11) is 1.53. The number of benzene rings is 1. The van der Waals surface area contributed by atoms with Crippen LogP contribution in [-0.2, 0) is 0 Å². The highest BCUT2D eigenvalue weighted by Gasteiger charge is 2.29. The molecule has 1 atom stereocenters. The third-order valence-corrected chi connectivity index (χ3v) is 3.80. The lowest BCUT2D eigenvalue weighted by molar-refractivity contribution is 0.142. The van der Waals surface area contributed by atoms with Gasteiger partial charge in [0.15, 0.2) is 5.82 Å². The smallest absolute Gasteiger partial charge is 0.407 e. The quantitative estimate of drug-likeness (QED) is 0.819. The maximum atomic E-state index is 13.6. The van der Waals surface area contributed by atoms with Crippen LogP contribution in [0.3, 0.4) is 0 Å². The number of nitrogens with zero attached hydrogens (tertiary/aromatic N) is 2. The Morgan fingerprint density at radius 2 is 2.32 bits per heavy atom. The summed E-state index contributed by atoms with van der Waals surface area (Å²) >= 11 is 5.94. The fourth-order valence-corrected chi connectivity index (χ4v) is 2.52. The van der Waals surface area contributed by atoms with Gasteiger partial charge in [0.2, 0.25) is 0 Å². The summed E-state index contributed by atoms with van der Waals surface area (Å²) in [6.07, 6.45) is -0.285. The lowest BCUT2D eigenvalue weighted by Gasteiger charge is -2.23. The molecule has 0 spiro atoms. The van der Waals surface area contributed by atoms with Gasteiger partial charge in [0.1, 0.15) is 5.02 Å². The zero-order valence-corrected chi connectivity index (χ0v) is 11.2. The van der Waals surface area contributed by atoms with E-state index in [1.54, 1.807) is 6.07 Å². The Bertz CT molecular complexity index is 512. The summed E-state index contributed by atoms with van der Waals surface area (Å²) in [4.78, 5) is 14.0. The fourth-order valence-electron chi connectivity index (χ4n) is 2.23. The van der Waals surface area contributed by atoms with Crippen LogP contribution in [0.2, 0.25) is 5.02 Å². The highest BCUT2D eigenvalue weighted by molar-refractivity contribution is 6.33. The van der Waals surface area contributed by atoms with Gasteiger partial charge in [-0.25, -0.2) is 9.18 Å². The SMILES string of the molecule is CN(C(=O)O)C1CCN(c2ccc(N)c(F)c2Cl)C1. The molecule has 3 N–H and O–H groups in total. The van der Waals surface area contributed by atoms with Gasteiger partial charge in [-0.15, -0.1) is 0 Å². The Balaban J connectivity index is 2.18. The van der Waals surface area contributed by atoms with Crippen molar-refractivity contribution in [3.05, 3.63) is 23.0 Å². The van der Waals surface area contributed by atoms with Crippen molar-refractivity contribution >= 4 is 29.1 Å². The van der Waals surface area contributed by atoms with Crippen molar-refractivity contribution in [1.82, 2.24) is 4.90 Å². The van der Waals surface area contributed by atoms with Gasteiger partial charge in [-0.3, -0.25) is 0 Å². The van der Waals surface area contributed by atoms with Crippen molar-refractivity contribution in [2.24, 2.45) is 0 Å². The molecule has 1 aromatic carbocycles. The van der Waals surface area contributed by atoms with E-state index >= 15 is 0 Å². The molecular formula is C12H15ClFN3O2. The molecule has 0 aliphatic carbocycles. The van der Waals surface area contributed by atoms with Gasteiger partial charge in [0, 0.05) is 20.1 Å². The summed E-state index contributed by atoms with van der Waals surface area (Å²) in [5.74, 6) is -0.630. The molecule has 1 aliphatic heterocycles. The first kappa shape index (κ1) is 13.7. The Kier molecular flexibility index (Phi) is 3.71. The highest BCUT2D eigenvalue weighted by Crippen LogP contribution is 2.34. The molecule has 1 heterocycles. The lowest BCUT2D eigenvalue weighted by atomic mass is 10.2. The molecule has 1 fully saturated rings. The number of halogens is 2. The predicted octanol–water partition coefficient (Wildman–Crippen LogP) is 2.25. The molecule has 0 bridgehead atoms. The Morgan fingerprint density at radius 3 is 2.95 bits per heavy atom. The first-order chi connectivity index (χ1) is 8.91. The number of carboxylic acid groups (broad SMARTS) is 1. The van der Waals surface area contributed by atoms with Crippen LogP contribution in [0.5, 0.6) is 0 Å².